The van der Waals surface area contributed by atoms with Gasteiger partial charge in [0.2, 0.25) is 0 Å². The van der Waals surface area contributed by atoms with Crippen LogP contribution < -0.4 is 5.73 Å². The summed E-state index contributed by atoms with van der Waals surface area (Å²) in [4.78, 5) is 0. The second kappa shape index (κ2) is 2.42. The number of nitrogens with two attached hydrogens (primary N) is 1. The Balaban J connectivity index is 2.21. The molecule has 0 aromatic rings. The summed E-state index contributed by atoms with van der Waals surface area (Å²) in [5, 5.41) is 28.0. The maximum Gasteiger partial charge on any atom is 0.0981 e. The molecule has 0 spiro atoms. The normalized spacial score (nSPS) is 58.0. The van der Waals surface area contributed by atoms with E-state index in [-0.39, 0.29) is 18.4 Å². The van der Waals surface area contributed by atoms with Gasteiger partial charge in [-0.25, -0.2) is 0 Å². The van der Waals surface area contributed by atoms with E-state index in [0.717, 1.165) is 0 Å². The van der Waals surface area contributed by atoms with Crippen molar-refractivity contribution in [2.45, 2.75) is 30.6 Å². The van der Waals surface area contributed by atoms with E-state index in [1.54, 1.807) is 0 Å². The predicted molar refractivity (Wildman–Crippen MR) is 42.2 cm³/mol. The van der Waals surface area contributed by atoms with E-state index in [4.69, 9.17) is 10.8 Å². The van der Waals surface area contributed by atoms with E-state index in [0.29, 0.717) is 12.8 Å². The molecule has 0 unspecified atom stereocenters. The van der Waals surface area contributed by atoms with Crippen molar-refractivity contribution in [3.63, 3.8) is 0 Å². The molecule has 0 heterocycles. The van der Waals surface area contributed by atoms with Crippen LogP contribution in [0.25, 0.3) is 0 Å². The van der Waals surface area contributed by atoms with Gasteiger partial charge in [0, 0.05) is 12.1 Å². The van der Waals surface area contributed by atoms with Crippen molar-refractivity contribution in [3.8, 4) is 0 Å². The van der Waals surface area contributed by atoms with Gasteiger partial charge in [-0.05, 0) is 24.7 Å². The largest absolute Gasteiger partial charge is 0.396 e. The van der Waals surface area contributed by atoms with Gasteiger partial charge in [0.15, 0.2) is 0 Å². The van der Waals surface area contributed by atoms with Gasteiger partial charge in [-0.2, -0.15) is 0 Å². The molecule has 0 amide bonds. The van der Waals surface area contributed by atoms with Crippen LogP contribution in [-0.4, -0.2) is 39.7 Å². The van der Waals surface area contributed by atoms with Gasteiger partial charge in [-0.15, -0.1) is 0 Å². The summed E-state index contributed by atoms with van der Waals surface area (Å²) in [6.07, 6.45) is -0.265. The average Bonchev–Trinajstić information content (AvgIpc) is 2.49. The molecular weight excluding hydrogens is 158 g/mol. The third-order valence-corrected chi connectivity index (χ3v) is 3.45. The zero-order valence-electron chi connectivity index (χ0n) is 6.85. The number of hydrogen-bond acceptors (Lipinski definition) is 4. The highest BCUT2D eigenvalue weighted by Gasteiger charge is 2.59. The lowest BCUT2D eigenvalue weighted by molar-refractivity contribution is -0.0494. The Morgan fingerprint density at radius 3 is 2.42 bits per heavy atom. The summed E-state index contributed by atoms with van der Waals surface area (Å²) in [5.74, 6) is 0.0726. The van der Waals surface area contributed by atoms with E-state index in [1.807, 2.05) is 0 Å². The molecule has 0 aliphatic heterocycles. The third kappa shape index (κ3) is 0.864. The molecule has 0 radical (unpaired) electrons. The molecular formula is C8H15NO3. The zero-order valence-corrected chi connectivity index (χ0v) is 6.85. The number of rotatable bonds is 1. The van der Waals surface area contributed by atoms with Crippen molar-refractivity contribution in [2.24, 2.45) is 17.6 Å². The molecule has 0 aromatic heterocycles. The molecule has 2 saturated carbocycles. The third-order valence-electron chi connectivity index (χ3n) is 3.45. The van der Waals surface area contributed by atoms with Gasteiger partial charge in [-0.1, -0.05) is 0 Å². The fraction of sp³-hybridized carbons (Fsp3) is 1.00. The van der Waals surface area contributed by atoms with E-state index in [2.05, 4.69) is 0 Å². The van der Waals surface area contributed by atoms with Gasteiger partial charge in [0.25, 0.3) is 0 Å². The molecule has 0 saturated heterocycles. The highest BCUT2D eigenvalue weighted by Crippen LogP contribution is 2.49. The maximum atomic E-state index is 9.51. The standard InChI is InChI=1S/C8H15NO3/c9-8-1-4(3-10)5(2-8)6(11)7(8)12/h4-7,10-12H,1-3,9H2/t4-,5+,6+,7+,8+/m0/s1. The topological polar surface area (TPSA) is 86.7 Å². The highest BCUT2D eigenvalue weighted by atomic mass is 16.3. The van der Waals surface area contributed by atoms with Crippen LogP contribution >= 0.6 is 0 Å². The Labute approximate surface area is 71.0 Å². The first-order valence-corrected chi connectivity index (χ1v) is 4.34. The molecule has 2 rings (SSSR count). The predicted octanol–water partition coefficient (Wildman–Crippen LogP) is -1.56. The first kappa shape index (κ1) is 8.44. The van der Waals surface area contributed by atoms with Crippen LogP contribution in [0, 0.1) is 11.8 Å². The van der Waals surface area contributed by atoms with Gasteiger partial charge < -0.3 is 21.1 Å². The first-order valence-electron chi connectivity index (χ1n) is 4.34. The molecule has 0 aromatic carbocycles. The number of fused-ring (bicyclic) bond motifs is 2. The molecule has 2 aliphatic carbocycles. The van der Waals surface area contributed by atoms with Crippen LogP contribution in [0.5, 0.6) is 0 Å². The summed E-state index contributed by atoms with van der Waals surface area (Å²) < 4.78 is 0. The Bertz CT molecular complexity index is 193. The summed E-state index contributed by atoms with van der Waals surface area (Å²) in [6.45, 7) is 0.0629. The lowest BCUT2D eigenvalue weighted by atomic mass is 9.83. The van der Waals surface area contributed by atoms with Crippen LogP contribution in [0.1, 0.15) is 12.8 Å². The van der Waals surface area contributed by atoms with Crippen LogP contribution in [0.15, 0.2) is 0 Å². The maximum absolute atomic E-state index is 9.51. The molecule has 4 nitrogen and oxygen atoms in total. The number of aliphatic hydroxyl groups is 3. The fourth-order valence-corrected chi connectivity index (χ4v) is 2.74. The van der Waals surface area contributed by atoms with Crippen molar-refractivity contribution in [1.82, 2.24) is 0 Å². The number of aliphatic hydroxyl groups excluding tert-OH is 3. The van der Waals surface area contributed by atoms with Gasteiger partial charge in [0.05, 0.1) is 12.2 Å². The quantitative estimate of drug-likeness (QED) is 0.386. The molecule has 5 N–H and O–H groups in total. The molecule has 70 valence electrons. The lowest BCUT2D eigenvalue weighted by Crippen LogP contribution is -2.53. The van der Waals surface area contributed by atoms with Crippen LogP contribution in [-0.2, 0) is 0 Å². The van der Waals surface area contributed by atoms with E-state index in [9.17, 15) is 10.2 Å². The summed E-state index contributed by atoms with van der Waals surface area (Å²) in [5.41, 5.74) is 5.24. The molecule has 2 bridgehead atoms. The molecule has 2 fully saturated rings. The molecule has 2 aliphatic rings. The molecule has 12 heavy (non-hydrogen) atoms. The minimum absolute atomic E-state index is 0.00463. The Kier molecular flexibility index (Phi) is 1.70. The Morgan fingerprint density at radius 1 is 1.33 bits per heavy atom. The minimum Gasteiger partial charge on any atom is -0.396 e. The van der Waals surface area contributed by atoms with E-state index < -0.39 is 17.7 Å². The first-order chi connectivity index (χ1) is 5.58. The Morgan fingerprint density at radius 2 is 2.00 bits per heavy atom. The zero-order chi connectivity index (χ0) is 8.93. The number of hydrogen-bond donors (Lipinski definition) is 4. The summed E-state index contributed by atoms with van der Waals surface area (Å²) in [7, 11) is 0. The van der Waals surface area contributed by atoms with Gasteiger partial charge in [0.1, 0.15) is 0 Å². The minimum atomic E-state index is -0.801. The van der Waals surface area contributed by atoms with Crippen molar-refractivity contribution >= 4 is 0 Å². The average molecular weight is 173 g/mol. The second-order valence-corrected chi connectivity index (χ2v) is 4.18. The summed E-state index contributed by atoms with van der Waals surface area (Å²) in [6, 6.07) is 0. The van der Waals surface area contributed by atoms with Crippen LogP contribution in [0.3, 0.4) is 0 Å². The monoisotopic (exact) mass is 173 g/mol. The smallest absolute Gasteiger partial charge is 0.0981 e. The second-order valence-electron chi connectivity index (χ2n) is 4.18. The van der Waals surface area contributed by atoms with E-state index >= 15 is 0 Å². The molecule has 4 heteroatoms. The van der Waals surface area contributed by atoms with Crippen molar-refractivity contribution in [2.75, 3.05) is 6.61 Å². The van der Waals surface area contributed by atoms with Gasteiger partial charge in [-0.3, -0.25) is 0 Å². The lowest BCUT2D eigenvalue weighted by Gasteiger charge is -2.33. The SMILES string of the molecule is N[C@]12C[C@@H](CO)[C@@H](C1)[C@@H](O)[C@H]2O. The van der Waals surface area contributed by atoms with Crippen molar-refractivity contribution in [3.05, 3.63) is 0 Å². The fourth-order valence-electron chi connectivity index (χ4n) is 2.74. The van der Waals surface area contributed by atoms with Crippen molar-refractivity contribution in [1.29, 1.82) is 0 Å². The van der Waals surface area contributed by atoms with Crippen LogP contribution in [0.2, 0.25) is 0 Å². The Hall–Kier alpha value is -0.160. The summed E-state index contributed by atoms with van der Waals surface area (Å²) >= 11 is 0. The van der Waals surface area contributed by atoms with Gasteiger partial charge >= 0.3 is 0 Å². The highest BCUT2D eigenvalue weighted by molar-refractivity contribution is 5.13. The molecule has 5 atom stereocenters. The van der Waals surface area contributed by atoms with Crippen molar-refractivity contribution < 1.29 is 15.3 Å². The van der Waals surface area contributed by atoms with Crippen LogP contribution in [0.4, 0.5) is 0 Å². The van der Waals surface area contributed by atoms with E-state index in [1.165, 1.54) is 0 Å².